The number of carbonyl (C=O) groups excluding carboxylic acids is 1. The molecule has 1 amide bonds. The number of ether oxygens (including phenoxy) is 1. The van der Waals surface area contributed by atoms with Crippen LogP contribution < -0.4 is 0 Å². The summed E-state index contributed by atoms with van der Waals surface area (Å²) in [6, 6.07) is 0.0860. The van der Waals surface area contributed by atoms with E-state index in [2.05, 4.69) is 40.4 Å². The molecule has 1 atom stereocenters. The molecule has 0 radical (unpaired) electrons. The number of rotatable bonds is 5. The average molecular weight is 356 g/mol. The first kappa shape index (κ1) is 21.2. The van der Waals surface area contributed by atoms with Crippen molar-refractivity contribution in [3.05, 3.63) is 12.2 Å². The SMILES string of the molecule is C=C(CCO[Si](C)(C)C(C)(C)C)[C@H]1CCCN1C(=O)OC(C)(C)C. The van der Waals surface area contributed by atoms with E-state index in [9.17, 15) is 4.79 Å². The first-order chi connectivity index (χ1) is 10.7. The zero-order valence-corrected chi connectivity index (χ0v) is 18.0. The Kier molecular flexibility index (Phi) is 6.73. The molecule has 1 heterocycles. The van der Waals surface area contributed by atoms with Crippen molar-refractivity contribution in [1.29, 1.82) is 0 Å². The highest BCUT2D eigenvalue weighted by Crippen LogP contribution is 2.37. The number of likely N-dealkylation sites (tertiary alicyclic amines) is 1. The maximum atomic E-state index is 12.4. The van der Waals surface area contributed by atoms with Crippen molar-refractivity contribution < 1.29 is 14.0 Å². The van der Waals surface area contributed by atoms with Gasteiger partial charge in [0.25, 0.3) is 0 Å². The minimum Gasteiger partial charge on any atom is -0.444 e. The molecule has 5 heteroatoms. The molecule has 0 aliphatic carbocycles. The molecule has 4 nitrogen and oxygen atoms in total. The lowest BCUT2D eigenvalue weighted by molar-refractivity contribution is 0.0246. The van der Waals surface area contributed by atoms with Crippen molar-refractivity contribution in [2.75, 3.05) is 13.2 Å². The molecule has 1 aliphatic heterocycles. The van der Waals surface area contributed by atoms with Gasteiger partial charge in [-0.1, -0.05) is 32.9 Å². The number of hydrogen-bond donors (Lipinski definition) is 0. The normalized spacial score (nSPS) is 19.5. The van der Waals surface area contributed by atoms with Crippen molar-refractivity contribution in [3.8, 4) is 0 Å². The van der Waals surface area contributed by atoms with Crippen molar-refractivity contribution in [2.45, 2.75) is 90.6 Å². The maximum absolute atomic E-state index is 12.4. The van der Waals surface area contributed by atoms with Gasteiger partial charge >= 0.3 is 6.09 Å². The van der Waals surface area contributed by atoms with E-state index in [0.29, 0.717) is 6.61 Å². The van der Waals surface area contributed by atoms with E-state index in [0.717, 1.165) is 31.4 Å². The summed E-state index contributed by atoms with van der Waals surface area (Å²) in [5.74, 6) is 0. The van der Waals surface area contributed by atoms with Crippen LogP contribution in [0, 0.1) is 0 Å². The first-order valence-electron chi connectivity index (χ1n) is 9.06. The second-order valence-electron chi connectivity index (χ2n) is 9.35. The van der Waals surface area contributed by atoms with Crippen LogP contribution in [0.1, 0.15) is 60.8 Å². The molecule has 0 aromatic carbocycles. The van der Waals surface area contributed by atoms with Crippen LogP contribution >= 0.6 is 0 Å². The van der Waals surface area contributed by atoms with E-state index in [4.69, 9.17) is 9.16 Å². The Morgan fingerprint density at radius 3 is 2.29 bits per heavy atom. The highest BCUT2D eigenvalue weighted by atomic mass is 28.4. The molecule has 1 saturated heterocycles. The van der Waals surface area contributed by atoms with E-state index in [1.807, 2.05) is 25.7 Å². The summed E-state index contributed by atoms with van der Waals surface area (Å²) in [5.41, 5.74) is 0.619. The van der Waals surface area contributed by atoms with Crippen LogP contribution in [0.25, 0.3) is 0 Å². The largest absolute Gasteiger partial charge is 0.444 e. The standard InChI is InChI=1S/C19H37NO3Si/c1-15(12-14-22-24(8,9)19(5,6)7)16-11-10-13-20(16)17(21)23-18(2,3)4/h16H,1,10-14H2,2-9H3/t16-/m1/s1. The van der Waals surface area contributed by atoms with E-state index < -0.39 is 13.9 Å². The van der Waals surface area contributed by atoms with Crippen molar-refractivity contribution in [1.82, 2.24) is 4.90 Å². The zero-order valence-electron chi connectivity index (χ0n) is 17.0. The van der Waals surface area contributed by atoms with Gasteiger partial charge in [0.1, 0.15) is 5.60 Å². The molecule has 0 unspecified atom stereocenters. The summed E-state index contributed by atoms with van der Waals surface area (Å²) >= 11 is 0. The molecule has 24 heavy (non-hydrogen) atoms. The van der Waals surface area contributed by atoms with Gasteiger partial charge in [-0.2, -0.15) is 0 Å². The Labute approximate surface area is 149 Å². The van der Waals surface area contributed by atoms with E-state index >= 15 is 0 Å². The van der Waals surface area contributed by atoms with E-state index in [1.54, 1.807) is 0 Å². The molecule has 0 aromatic heterocycles. The van der Waals surface area contributed by atoms with Crippen LogP contribution in [-0.2, 0) is 9.16 Å². The van der Waals surface area contributed by atoms with Gasteiger partial charge in [0.2, 0.25) is 0 Å². The summed E-state index contributed by atoms with van der Waals surface area (Å²) in [6.07, 6.45) is 2.55. The topological polar surface area (TPSA) is 38.8 Å². The molecule has 0 saturated carbocycles. The Morgan fingerprint density at radius 2 is 1.79 bits per heavy atom. The van der Waals surface area contributed by atoms with Gasteiger partial charge in [-0.05, 0) is 58.2 Å². The third kappa shape index (κ3) is 5.92. The summed E-state index contributed by atoms with van der Waals surface area (Å²) in [5, 5.41) is 0.213. The summed E-state index contributed by atoms with van der Waals surface area (Å²) in [4.78, 5) is 14.2. The molecule has 1 rings (SSSR count). The lowest BCUT2D eigenvalue weighted by Gasteiger charge is -2.36. The van der Waals surface area contributed by atoms with Gasteiger partial charge in [0.15, 0.2) is 8.32 Å². The van der Waals surface area contributed by atoms with E-state index in [1.165, 1.54) is 0 Å². The number of carbonyl (C=O) groups is 1. The minimum atomic E-state index is -1.73. The number of hydrogen-bond acceptors (Lipinski definition) is 3. The van der Waals surface area contributed by atoms with Gasteiger partial charge in [0, 0.05) is 13.2 Å². The summed E-state index contributed by atoms with van der Waals surface area (Å²) in [7, 11) is -1.73. The quantitative estimate of drug-likeness (QED) is 0.492. The summed E-state index contributed by atoms with van der Waals surface area (Å²) in [6.45, 7) is 22.6. The molecule has 0 bridgehead atoms. The fourth-order valence-electron chi connectivity index (χ4n) is 2.55. The van der Waals surface area contributed by atoms with Gasteiger partial charge in [0.05, 0.1) is 6.04 Å². The van der Waals surface area contributed by atoms with Crippen LogP contribution in [0.15, 0.2) is 12.2 Å². The second kappa shape index (κ2) is 7.61. The lowest BCUT2D eigenvalue weighted by atomic mass is 10.0. The highest BCUT2D eigenvalue weighted by Gasteiger charge is 2.37. The molecule has 140 valence electrons. The van der Waals surface area contributed by atoms with Crippen LogP contribution in [0.3, 0.4) is 0 Å². The first-order valence-corrected chi connectivity index (χ1v) is 12.0. The monoisotopic (exact) mass is 355 g/mol. The van der Waals surface area contributed by atoms with Crippen molar-refractivity contribution >= 4 is 14.4 Å². The number of amides is 1. The predicted octanol–water partition coefficient (Wildman–Crippen LogP) is 5.35. The maximum Gasteiger partial charge on any atom is 0.410 e. The summed E-state index contributed by atoms with van der Waals surface area (Å²) < 4.78 is 11.8. The Morgan fingerprint density at radius 1 is 1.21 bits per heavy atom. The fraction of sp³-hybridized carbons (Fsp3) is 0.842. The minimum absolute atomic E-state index is 0.0860. The van der Waals surface area contributed by atoms with E-state index in [-0.39, 0.29) is 17.2 Å². The van der Waals surface area contributed by atoms with Crippen molar-refractivity contribution in [2.24, 2.45) is 0 Å². The number of nitrogens with zero attached hydrogens (tertiary/aromatic N) is 1. The Balaban J connectivity index is 2.56. The Hall–Kier alpha value is -0.813. The highest BCUT2D eigenvalue weighted by molar-refractivity contribution is 6.74. The molecular weight excluding hydrogens is 318 g/mol. The molecule has 0 N–H and O–H groups in total. The van der Waals surface area contributed by atoms with Crippen LogP contribution in [0.4, 0.5) is 4.79 Å². The zero-order chi connectivity index (χ0) is 18.8. The smallest absolute Gasteiger partial charge is 0.410 e. The van der Waals surface area contributed by atoms with Crippen LogP contribution in [0.5, 0.6) is 0 Å². The third-order valence-corrected chi connectivity index (χ3v) is 9.58. The van der Waals surface area contributed by atoms with Crippen molar-refractivity contribution in [3.63, 3.8) is 0 Å². The second-order valence-corrected chi connectivity index (χ2v) is 14.2. The average Bonchev–Trinajstić information content (AvgIpc) is 2.84. The fourth-order valence-corrected chi connectivity index (χ4v) is 3.60. The van der Waals surface area contributed by atoms with Crippen LogP contribution in [-0.4, -0.2) is 44.1 Å². The van der Waals surface area contributed by atoms with Gasteiger partial charge in [-0.3, -0.25) is 0 Å². The van der Waals surface area contributed by atoms with Gasteiger partial charge in [-0.25, -0.2) is 4.79 Å². The lowest BCUT2D eigenvalue weighted by Crippen LogP contribution is -2.42. The molecule has 1 aliphatic rings. The van der Waals surface area contributed by atoms with Gasteiger partial charge < -0.3 is 14.1 Å². The Bertz CT molecular complexity index is 460. The van der Waals surface area contributed by atoms with Gasteiger partial charge in [-0.15, -0.1) is 0 Å². The van der Waals surface area contributed by atoms with Crippen LogP contribution in [0.2, 0.25) is 18.1 Å². The molecule has 1 fully saturated rings. The third-order valence-electron chi connectivity index (χ3n) is 5.04. The predicted molar refractivity (Wildman–Crippen MR) is 103 cm³/mol. The molecule has 0 aromatic rings. The molecular formula is C19H37NO3Si. The molecule has 0 spiro atoms.